The SMILES string of the molecule is CCN(CCNC(=O)[C@H]1O[C@@H](n2cnc3c(N)ncnc32)[C@H](C)[C@@H]1C)c1ccc(/C=C/c2ccc(C#N)cc2)cc1. The first-order valence-electron chi connectivity index (χ1n) is 13.8. The van der Waals surface area contributed by atoms with Crippen LogP contribution in [-0.2, 0) is 9.53 Å². The van der Waals surface area contributed by atoms with Crippen LogP contribution in [-0.4, -0.2) is 51.2 Å². The lowest BCUT2D eigenvalue weighted by molar-refractivity contribution is -0.135. The Hall–Kier alpha value is -4.75. The molecule has 1 aliphatic rings. The number of nitrogens with one attached hydrogen (secondary N) is 1. The van der Waals surface area contributed by atoms with Crippen LogP contribution in [0, 0.1) is 23.2 Å². The summed E-state index contributed by atoms with van der Waals surface area (Å²) in [5.74, 6) is 0.265. The Labute approximate surface area is 239 Å². The molecular weight excluding hydrogens is 516 g/mol. The van der Waals surface area contributed by atoms with Gasteiger partial charge in [-0.15, -0.1) is 0 Å². The molecule has 1 saturated heterocycles. The zero-order chi connectivity index (χ0) is 28.9. The molecule has 3 N–H and O–H groups in total. The molecular formula is C31H34N8O2. The molecule has 1 aliphatic heterocycles. The van der Waals surface area contributed by atoms with Crippen LogP contribution in [0.4, 0.5) is 11.5 Å². The third-order valence-corrected chi connectivity index (χ3v) is 7.79. The lowest BCUT2D eigenvalue weighted by atomic mass is 9.92. The molecule has 2 aromatic carbocycles. The predicted octanol–water partition coefficient (Wildman–Crippen LogP) is 4.26. The Morgan fingerprint density at radius 3 is 2.41 bits per heavy atom. The number of ether oxygens (including phenoxy) is 1. The second kappa shape index (κ2) is 12.2. The predicted molar refractivity (Wildman–Crippen MR) is 159 cm³/mol. The molecule has 0 unspecified atom stereocenters. The summed E-state index contributed by atoms with van der Waals surface area (Å²) in [7, 11) is 0. The molecule has 0 spiro atoms. The van der Waals surface area contributed by atoms with E-state index in [1.54, 1.807) is 6.33 Å². The van der Waals surface area contributed by atoms with Crippen LogP contribution in [0.2, 0.25) is 0 Å². The first-order chi connectivity index (χ1) is 19.9. The van der Waals surface area contributed by atoms with Gasteiger partial charge in [0.25, 0.3) is 0 Å². The summed E-state index contributed by atoms with van der Waals surface area (Å²) in [4.78, 5) is 28.1. The number of benzene rings is 2. The molecule has 4 atom stereocenters. The number of anilines is 2. The molecule has 10 nitrogen and oxygen atoms in total. The highest BCUT2D eigenvalue weighted by Gasteiger charge is 2.44. The Bertz CT molecular complexity index is 1570. The van der Waals surface area contributed by atoms with Crippen molar-refractivity contribution in [3.63, 3.8) is 0 Å². The highest BCUT2D eigenvalue weighted by molar-refractivity contribution is 5.82. The summed E-state index contributed by atoms with van der Waals surface area (Å²) in [5.41, 5.74) is 10.9. The number of nitrogen functional groups attached to an aromatic ring is 1. The van der Waals surface area contributed by atoms with Crippen molar-refractivity contribution in [3.8, 4) is 6.07 Å². The second-order valence-corrected chi connectivity index (χ2v) is 10.3. The van der Waals surface area contributed by atoms with Gasteiger partial charge in [0.15, 0.2) is 11.5 Å². The van der Waals surface area contributed by atoms with Gasteiger partial charge in [-0.3, -0.25) is 9.36 Å². The van der Waals surface area contributed by atoms with Crippen molar-refractivity contribution < 1.29 is 9.53 Å². The molecule has 1 amide bonds. The Balaban J connectivity index is 1.16. The van der Waals surface area contributed by atoms with Crippen molar-refractivity contribution in [2.24, 2.45) is 11.8 Å². The molecule has 0 radical (unpaired) electrons. The maximum Gasteiger partial charge on any atom is 0.249 e. The number of imidazole rings is 1. The summed E-state index contributed by atoms with van der Waals surface area (Å²) in [5, 5.41) is 12.0. The number of rotatable bonds is 9. The minimum absolute atomic E-state index is 0.00351. The minimum Gasteiger partial charge on any atom is -0.382 e. The van der Waals surface area contributed by atoms with Gasteiger partial charge in [0.1, 0.15) is 24.2 Å². The maximum atomic E-state index is 13.2. The topological polar surface area (TPSA) is 135 Å². The van der Waals surface area contributed by atoms with Gasteiger partial charge in [-0.1, -0.05) is 50.3 Å². The molecule has 3 heterocycles. The fourth-order valence-corrected chi connectivity index (χ4v) is 5.15. The van der Waals surface area contributed by atoms with Crippen LogP contribution in [0.25, 0.3) is 23.3 Å². The van der Waals surface area contributed by atoms with Crippen LogP contribution in [0.15, 0.2) is 61.2 Å². The number of nitrogens with zero attached hydrogens (tertiary/aromatic N) is 6. The van der Waals surface area contributed by atoms with Crippen LogP contribution in [0.3, 0.4) is 0 Å². The lowest BCUT2D eigenvalue weighted by Crippen LogP contribution is -2.41. The van der Waals surface area contributed by atoms with E-state index in [1.807, 2.05) is 47.9 Å². The third-order valence-electron chi connectivity index (χ3n) is 7.79. The van der Waals surface area contributed by atoms with Gasteiger partial charge in [-0.2, -0.15) is 5.26 Å². The van der Waals surface area contributed by atoms with Gasteiger partial charge >= 0.3 is 0 Å². The quantitative estimate of drug-likeness (QED) is 0.295. The van der Waals surface area contributed by atoms with Gasteiger partial charge in [0.05, 0.1) is 18.0 Å². The summed E-state index contributed by atoms with van der Waals surface area (Å²) in [6.45, 7) is 8.18. The second-order valence-electron chi connectivity index (χ2n) is 10.3. The standard InChI is InChI=1S/C31H34N8O2/c1-4-38(25-13-11-23(12-14-25)6-5-22-7-9-24(17-32)10-8-22)16-15-34-30(40)27-20(2)21(3)31(41-27)39-19-37-26-28(33)35-18-36-29(26)39/h5-14,18-21,27,31H,4,15-16H2,1-3H3,(H,34,40)(H2,33,35,36)/b6-5+/t20-,21+,27-,31+/m0/s1. The number of amides is 1. The number of hydrogen-bond acceptors (Lipinski definition) is 8. The van der Waals surface area contributed by atoms with Crippen molar-refractivity contribution in [3.05, 3.63) is 77.9 Å². The van der Waals surface area contributed by atoms with Crippen molar-refractivity contribution >= 4 is 40.7 Å². The summed E-state index contributed by atoms with van der Waals surface area (Å²) < 4.78 is 8.10. The van der Waals surface area contributed by atoms with E-state index in [0.29, 0.717) is 35.6 Å². The number of fused-ring (bicyclic) bond motifs is 1. The molecule has 2 aromatic heterocycles. The van der Waals surface area contributed by atoms with E-state index in [9.17, 15) is 4.79 Å². The van der Waals surface area contributed by atoms with E-state index in [2.05, 4.69) is 69.4 Å². The first kappa shape index (κ1) is 27.8. The zero-order valence-corrected chi connectivity index (χ0v) is 23.4. The molecule has 210 valence electrons. The average Bonchev–Trinajstić information content (AvgIpc) is 3.56. The van der Waals surface area contributed by atoms with Gasteiger partial charge in [-0.25, -0.2) is 15.0 Å². The normalized spacial score (nSPS) is 20.3. The van der Waals surface area contributed by atoms with Gasteiger partial charge < -0.3 is 20.7 Å². The van der Waals surface area contributed by atoms with Crippen LogP contribution >= 0.6 is 0 Å². The molecule has 10 heteroatoms. The van der Waals surface area contributed by atoms with Gasteiger partial charge in [-0.05, 0) is 48.2 Å². The summed E-state index contributed by atoms with van der Waals surface area (Å²) in [6.07, 6.45) is 6.17. The Kier molecular flexibility index (Phi) is 8.26. The van der Waals surface area contributed by atoms with E-state index >= 15 is 0 Å². The molecule has 4 aromatic rings. The molecule has 1 fully saturated rings. The molecule has 41 heavy (non-hydrogen) atoms. The number of hydrogen-bond donors (Lipinski definition) is 2. The highest BCUT2D eigenvalue weighted by Crippen LogP contribution is 2.40. The van der Waals surface area contributed by atoms with Crippen molar-refractivity contribution in [1.82, 2.24) is 24.8 Å². The number of carbonyl (C=O) groups is 1. The number of aromatic nitrogens is 4. The number of nitrogens with two attached hydrogens (primary N) is 1. The highest BCUT2D eigenvalue weighted by atomic mass is 16.5. The van der Waals surface area contributed by atoms with Crippen molar-refractivity contribution in [2.75, 3.05) is 30.3 Å². The third kappa shape index (κ3) is 5.90. The largest absolute Gasteiger partial charge is 0.382 e. The number of carbonyl (C=O) groups excluding carboxylic acids is 1. The van der Waals surface area contributed by atoms with Crippen LogP contribution in [0.5, 0.6) is 0 Å². The molecule has 0 aliphatic carbocycles. The minimum atomic E-state index is -0.580. The lowest BCUT2D eigenvalue weighted by Gasteiger charge is -2.24. The Morgan fingerprint density at radius 1 is 1.07 bits per heavy atom. The summed E-state index contributed by atoms with van der Waals surface area (Å²) >= 11 is 0. The molecule has 5 rings (SSSR count). The van der Waals surface area contributed by atoms with E-state index in [4.69, 9.17) is 15.7 Å². The van der Waals surface area contributed by atoms with E-state index < -0.39 is 6.10 Å². The fraction of sp³-hybridized carbons (Fsp3) is 0.323. The Morgan fingerprint density at radius 2 is 1.76 bits per heavy atom. The molecule has 0 saturated carbocycles. The van der Waals surface area contributed by atoms with E-state index in [-0.39, 0.29) is 24.0 Å². The smallest absolute Gasteiger partial charge is 0.249 e. The zero-order valence-electron chi connectivity index (χ0n) is 23.4. The maximum absolute atomic E-state index is 13.2. The van der Waals surface area contributed by atoms with Crippen LogP contribution in [0.1, 0.15) is 43.7 Å². The van der Waals surface area contributed by atoms with Crippen molar-refractivity contribution in [1.29, 1.82) is 5.26 Å². The number of nitriles is 1. The van der Waals surface area contributed by atoms with Gasteiger partial charge in [0, 0.05) is 31.2 Å². The molecule has 0 bridgehead atoms. The van der Waals surface area contributed by atoms with E-state index in [1.165, 1.54) is 6.33 Å². The van der Waals surface area contributed by atoms with Gasteiger partial charge in [0.2, 0.25) is 5.91 Å². The first-order valence-corrected chi connectivity index (χ1v) is 13.8. The van der Waals surface area contributed by atoms with Crippen molar-refractivity contribution in [2.45, 2.75) is 33.1 Å². The fourth-order valence-electron chi connectivity index (χ4n) is 5.15. The van der Waals surface area contributed by atoms with Crippen LogP contribution < -0.4 is 16.0 Å². The number of likely N-dealkylation sites (N-methyl/N-ethyl adjacent to an activating group) is 1. The average molecular weight is 551 g/mol. The monoisotopic (exact) mass is 550 g/mol. The summed E-state index contributed by atoms with van der Waals surface area (Å²) in [6, 6.07) is 17.9. The van der Waals surface area contributed by atoms with E-state index in [0.717, 1.165) is 23.4 Å².